The van der Waals surface area contributed by atoms with Gasteiger partial charge in [0.25, 0.3) is 5.91 Å². The third-order valence-electron chi connectivity index (χ3n) is 5.17. The van der Waals surface area contributed by atoms with Gasteiger partial charge in [0.2, 0.25) is 5.75 Å². The second kappa shape index (κ2) is 11.3. The molecular weight excluding hydrogens is 446 g/mol. The number of carbonyl (C=O) groups is 1. The molecule has 0 heterocycles. The van der Waals surface area contributed by atoms with Gasteiger partial charge >= 0.3 is 0 Å². The average molecular weight is 472 g/mol. The fraction of sp³-hybridized carbons (Fsp3) is 0.192. The monoisotopic (exact) mass is 471 g/mol. The number of nitrogens with two attached hydrogens (primary N) is 1. The molecule has 0 atom stereocenters. The number of hydrogen-bond donors (Lipinski definition) is 3. The summed E-state index contributed by atoms with van der Waals surface area (Å²) < 4.78 is 17.2. The molecule has 9 heteroatoms. The Hall–Kier alpha value is -4.89. The van der Waals surface area contributed by atoms with Gasteiger partial charge in [0.05, 0.1) is 48.9 Å². The number of amides is 1. The van der Waals surface area contributed by atoms with Crippen molar-refractivity contribution in [2.24, 2.45) is 0 Å². The molecule has 3 rings (SSSR count). The number of anilines is 3. The first-order chi connectivity index (χ1) is 16.9. The van der Waals surface area contributed by atoms with E-state index in [9.17, 15) is 4.79 Å². The third kappa shape index (κ3) is 5.73. The number of methoxy groups -OCH3 is 2. The molecule has 1 amide bonds. The number of nitrogens with zero attached hydrogens (tertiary/aromatic N) is 2. The van der Waals surface area contributed by atoms with E-state index in [1.54, 1.807) is 42.5 Å². The summed E-state index contributed by atoms with van der Waals surface area (Å²) in [7, 11) is 4.50. The van der Waals surface area contributed by atoms with E-state index < -0.39 is 0 Å². The molecular formula is C26H25N5O4. The predicted molar refractivity (Wildman–Crippen MR) is 132 cm³/mol. The highest BCUT2D eigenvalue weighted by Crippen LogP contribution is 2.44. The zero-order valence-corrected chi connectivity index (χ0v) is 19.6. The molecule has 0 aliphatic carbocycles. The molecule has 0 saturated heterocycles. The maximum Gasteiger partial charge on any atom is 0.254 e. The Morgan fingerprint density at radius 3 is 2.20 bits per heavy atom. The van der Waals surface area contributed by atoms with Gasteiger partial charge in [-0.3, -0.25) is 4.79 Å². The van der Waals surface area contributed by atoms with E-state index in [1.165, 1.54) is 27.3 Å². The Bertz CT molecular complexity index is 1280. The molecule has 0 aromatic heterocycles. The number of hydrogen-bond acceptors (Lipinski definition) is 8. The standard InChI is InChI=1S/C26H25N5O4/c1-30-26(32)19-13-20(29)21(31-18-8-6-16(15-28)7-9-18)14-22(19)35-25-23(33-2)11-17(5-4-10-27)12-24(25)34-3/h6-9,11-14,31H,4-5,29H2,1-3H3,(H,30,32). The smallest absolute Gasteiger partial charge is 0.254 e. The van der Waals surface area contributed by atoms with E-state index in [4.69, 9.17) is 30.5 Å². The summed E-state index contributed by atoms with van der Waals surface area (Å²) in [6, 6.07) is 17.7. The summed E-state index contributed by atoms with van der Waals surface area (Å²) in [5.74, 6) is 0.878. The van der Waals surface area contributed by atoms with Crippen LogP contribution in [-0.2, 0) is 6.42 Å². The maximum absolute atomic E-state index is 12.6. The Balaban J connectivity index is 2.07. The highest BCUT2D eigenvalue weighted by Gasteiger charge is 2.21. The van der Waals surface area contributed by atoms with Crippen LogP contribution in [0, 0.1) is 22.7 Å². The lowest BCUT2D eigenvalue weighted by Gasteiger charge is -2.19. The number of nitrogen functional groups attached to an aromatic ring is 1. The van der Waals surface area contributed by atoms with Crippen molar-refractivity contribution in [1.29, 1.82) is 10.5 Å². The highest BCUT2D eigenvalue weighted by molar-refractivity contribution is 5.99. The third-order valence-corrected chi connectivity index (χ3v) is 5.17. The van der Waals surface area contributed by atoms with Crippen LogP contribution in [0.1, 0.15) is 27.9 Å². The van der Waals surface area contributed by atoms with Crippen molar-refractivity contribution in [3.8, 4) is 35.1 Å². The first kappa shape index (κ1) is 24.7. The second-order valence-corrected chi connectivity index (χ2v) is 7.42. The maximum atomic E-state index is 12.6. The van der Waals surface area contributed by atoms with Crippen molar-refractivity contribution in [3.05, 3.63) is 65.2 Å². The molecule has 35 heavy (non-hydrogen) atoms. The molecule has 0 unspecified atom stereocenters. The zero-order valence-electron chi connectivity index (χ0n) is 19.6. The van der Waals surface area contributed by atoms with E-state index in [1.807, 2.05) is 0 Å². The minimum atomic E-state index is -0.389. The van der Waals surface area contributed by atoms with Gasteiger partial charge < -0.3 is 30.6 Å². The van der Waals surface area contributed by atoms with Crippen LogP contribution < -0.4 is 30.6 Å². The minimum absolute atomic E-state index is 0.216. The summed E-state index contributed by atoms with van der Waals surface area (Å²) >= 11 is 0. The van der Waals surface area contributed by atoms with Crippen LogP contribution in [0.15, 0.2) is 48.5 Å². The van der Waals surface area contributed by atoms with Gasteiger partial charge in [-0.05, 0) is 54.4 Å². The van der Waals surface area contributed by atoms with Crippen molar-refractivity contribution < 1.29 is 19.0 Å². The van der Waals surface area contributed by atoms with E-state index in [2.05, 4.69) is 22.8 Å². The summed E-state index contributed by atoms with van der Waals surface area (Å²) in [4.78, 5) is 12.6. The van der Waals surface area contributed by atoms with Gasteiger partial charge in [-0.15, -0.1) is 0 Å². The molecule has 0 aliphatic rings. The van der Waals surface area contributed by atoms with Gasteiger partial charge in [-0.2, -0.15) is 10.5 Å². The van der Waals surface area contributed by atoms with Crippen molar-refractivity contribution in [2.75, 3.05) is 32.3 Å². The largest absolute Gasteiger partial charge is 0.493 e. The topological polar surface area (TPSA) is 142 Å². The zero-order chi connectivity index (χ0) is 25.4. The van der Waals surface area contributed by atoms with Crippen molar-refractivity contribution >= 4 is 23.0 Å². The van der Waals surface area contributed by atoms with Crippen molar-refractivity contribution in [1.82, 2.24) is 5.32 Å². The van der Waals surface area contributed by atoms with E-state index >= 15 is 0 Å². The average Bonchev–Trinajstić information content (AvgIpc) is 2.89. The molecule has 0 bridgehead atoms. The van der Waals surface area contributed by atoms with Crippen LogP contribution in [0.3, 0.4) is 0 Å². The molecule has 0 spiro atoms. The highest BCUT2D eigenvalue weighted by atomic mass is 16.5. The normalized spacial score (nSPS) is 9.97. The number of nitriles is 2. The number of ether oxygens (including phenoxy) is 3. The number of nitrogens with one attached hydrogen (secondary N) is 2. The molecule has 0 aliphatic heterocycles. The van der Waals surface area contributed by atoms with Crippen LogP contribution in [0.4, 0.5) is 17.1 Å². The summed E-state index contributed by atoms with van der Waals surface area (Å²) in [6.07, 6.45) is 0.864. The number of aryl methyl sites for hydroxylation is 1. The molecule has 3 aromatic carbocycles. The number of rotatable bonds is 9. The molecule has 4 N–H and O–H groups in total. The first-order valence-electron chi connectivity index (χ1n) is 10.7. The van der Waals surface area contributed by atoms with Crippen LogP contribution in [0.25, 0.3) is 0 Å². The van der Waals surface area contributed by atoms with E-state index in [0.29, 0.717) is 47.0 Å². The van der Waals surface area contributed by atoms with Crippen LogP contribution >= 0.6 is 0 Å². The quantitative estimate of drug-likeness (QED) is 0.387. The van der Waals surface area contributed by atoms with Crippen LogP contribution in [0.2, 0.25) is 0 Å². The van der Waals surface area contributed by atoms with Gasteiger partial charge in [0.15, 0.2) is 11.5 Å². The molecule has 178 valence electrons. The number of carbonyl (C=O) groups excluding carboxylic acids is 1. The Morgan fingerprint density at radius 2 is 1.66 bits per heavy atom. The first-order valence-corrected chi connectivity index (χ1v) is 10.7. The second-order valence-electron chi connectivity index (χ2n) is 7.42. The van der Waals surface area contributed by atoms with Crippen LogP contribution in [-0.4, -0.2) is 27.2 Å². The molecule has 0 radical (unpaired) electrons. The number of benzene rings is 3. The van der Waals surface area contributed by atoms with E-state index in [0.717, 1.165) is 5.56 Å². The lowest BCUT2D eigenvalue weighted by molar-refractivity contribution is 0.0960. The lowest BCUT2D eigenvalue weighted by Crippen LogP contribution is -2.19. The van der Waals surface area contributed by atoms with E-state index in [-0.39, 0.29) is 23.0 Å². The Kier molecular flexibility index (Phi) is 7.99. The summed E-state index contributed by atoms with van der Waals surface area (Å²) in [5.41, 5.74) is 9.35. The molecule has 3 aromatic rings. The Labute approximate surface area is 203 Å². The van der Waals surface area contributed by atoms with Crippen molar-refractivity contribution in [3.63, 3.8) is 0 Å². The van der Waals surface area contributed by atoms with Gasteiger partial charge in [0.1, 0.15) is 5.75 Å². The Morgan fingerprint density at radius 1 is 1.00 bits per heavy atom. The predicted octanol–water partition coefficient (Wildman–Crippen LogP) is 4.51. The van der Waals surface area contributed by atoms with Gasteiger partial charge in [-0.25, -0.2) is 0 Å². The van der Waals surface area contributed by atoms with Crippen molar-refractivity contribution in [2.45, 2.75) is 12.8 Å². The molecule has 9 nitrogen and oxygen atoms in total. The lowest BCUT2D eigenvalue weighted by atomic mass is 10.1. The minimum Gasteiger partial charge on any atom is -0.493 e. The fourth-order valence-electron chi connectivity index (χ4n) is 3.37. The van der Waals surface area contributed by atoms with Gasteiger partial charge in [0, 0.05) is 25.2 Å². The summed E-state index contributed by atoms with van der Waals surface area (Å²) in [6.45, 7) is 0. The molecule has 0 fully saturated rings. The van der Waals surface area contributed by atoms with Crippen LogP contribution in [0.5, 0.6) is 23.0 Å². The van der Waals surface area contributed by atoms with Gasteiger partial charge in [-0.1, -0.05) is 0 Å². The molecule has 0 saturated carbocycles. The summed E-state index contributed by atoms with van der Waals surface area (Å²) in [5, 5.41) is 23.7. The fourth-order valence-corrected chi connectivity index (χ4v) is 3.37. The SMILES string of the molecule is CNC(=O)c1cc(N)c(Nc2ccc(C#N)cc2)cc1Oc1c(OC)cc(CCC#N)cc1OC.